The molecule has 0 saturated carbocycles. The molecule has 10 nitrogen and oxygen atoms in total. The molecule has 0 unspecified atom stereocenters. The molecular formula is C17H16N2O8. The fourth-order valence-corrected chi connectivity index (χ4v) is 2.32. The largest absolute Gasteiger partial charge is 0.493 e. The highest BCUT2D eigenvalue weighted by Gasteiger charge is 2.26. The first-order valence-electron chi connectivity index (χ1n) is 7.77. The topological polar surface area (TPSA) is 131 Å². The van der Waals surface area contributed by atoms with E-state index in [-0.39, 0.29) is 34.9 Å². The number of ether oxygens (including phenoxy) is 3. The second-order valence-corrected chi connectivity index (χ2v) is 5.17. The molecule has 2 aromatic carbocycles. The minimum absolute atomic E-state index is 0.0961. The molecule has 0 spiro atoms. The van der Waals surface area contributed by atoms with Crippen LogP contribution in [0.5, 0.6) is 11.5 Å². The maximum absolute atomic E-state index is 12.4. The summed E-state index contributed by atoms with van der Waals surface area (Å²) in [7, 11) is 1.31. The lowest BCUT2D eigenvalue weighted by Gasteiger charge is -2.12. The quantitative estimate of drug-likeness (QED) is 0.390. The molecule has 0 saturated heterocycles. The molecule has 0 aliphatic heterocycles. The molecule has 0 atom stereocenters. The Hall–Kier alpha value is -3.69. The van der Waals surface area contributed by atoms with Gasteiger partial charge in [0.1, 0.15) is 12.2 Å². The third kappa shape index (κ3) is 4.48. The Labute approximate surface area is 153 Å². The van der Waals surface area contributed by atoms with Crippen molar-refractivity contribution >= 4 is 17.3 Å². The van der Waals surface area contributed by atoms with Crippen LogP contribution in [0.15, 0.2) is 36.4 Å². The van der Waals surface area contributed by atoms with Crippen LogP contribution in [0.3, 0.4) is 0 Å². The summed E-state index contributed by atoms with van der Waals surface area (Å²) in [5, 5.41) is 22.3. The predicted molar refractivity (Wildman–Crippen MR) is 93.0 cm³/mol. The Balaban J connectivity index is 2.33. The Bertz CT molecular complexity index is 881. The van der Waals surface area contributed by atoms with Crippen molar-refractivity contribution in [3.63, 3.8) is 0 Å². The number of para-hydroxylation sites is 1. The van der Waals surface area contributed by atoms with Crippen molar-refractivity contribution in [3.05, 3.63) is 67.8 Å². The summed E-state index contributed by atoms with van der Waals surface area (Å²) in [6.45, 7) is 1.54. The normalized spacial score (nSPS) is 10.1. The van der Waals surface area contributed by atoms with Crippen LogP contribution < -0.4 is 9.47 Å². The molecule has 0 bridgehead atoms. The number of methoxy groups -OCH3 is 1. The molecule has 0 N–H and O–H groups in total. The summed E-state index contributed by atoms with van der Waals surface area (Å²) in [4.78, 5) is 33.3. The second kappa shape index (κ2) is 8.61. The van der Waals surface area contributed by atoms with E-state index in [1.165, 1.54) is 25.3 Å². The van der Waals surface area contributed by atoms with Gasteiger partial charge < -0.3 is 14.2 Å². The summed E-state index contributed by atoms with van der Waals surface area (Å²) in [5.74, 6) is -0.773. The lowest BCUT2D eigenvalue weighted by molar-refractivity contribution is -0.385. The molecule has 10 heteroatoms. The highest BCUT2D eigenvalue weighted by molar-refractivity contribution is 5.95. The molecule has 0 aromatic heterocycles. The van der Waals surface area contributed by atoms with Crippen molar-refractivity contribution in [1.82, 2.24) is 0 Å². The van der Waals surface area contributed by atoms with E-state index >= 15 is 0 Å². The van der Waals surface area contributed by atoms with Crippen LogP contribution in [0.2, 0.25) is 0 Å². The van der Waals surface area contributed by atoms with E-state index in [9.17, 15) is 25.0 Å². The summed E-state index contributed by atoms with van der Waals surface area (Å²) >= 11 is 0. The van der Waals surface area contributed by atoms with Gasteiger partial charge in [0.15, 0.2) is 11.5 Å². The van der Waals surface area contributed by atoms with Gasteiger partial charge in [0.2, 0.25) is 0 Å². The fraction of sp³-hybridized carbons (Fsp3) is 0.235. The maximum Gasteiger partial charge on any atom is 0.345 e. The number of carbonyl (C=O) groups is 1. The standard InChI is InChI=1S/C17H16N2O8/c1-3-26-16-8-12(14(19(23)24)9-15(16)25-2)17(20)27-10-11-6-4-5-7-13(11)18(21)22/h4-9H,3,10H2,1-2H3. The van der Waals surface area contributed by atoms with Crippen molar-refractivity contribution in [2.24, 2.45) is 0 Å². The molecule has 2 rings (SSSR count). The van der Waals surface area contributed by atoms with Crippen molar-refractivity contribution in [3.8, 4) is 11.5 Å². The Morgan fingerprint density at radius 1 is 1.04 bits per heavy atom. The molecule has 142 valence electrons. The van der Waals surface area contributed by atoms with E-state index in [0.717, 1.165) is 12.1 Å². The van der Waals surface area contributed by atoms with Crippen molar-refractivity contribution in [2.45, 2.75) is 13.5 Å². The number of rotatable bonds is 8. The molecule has 0 aliphatic rings. The average molecular weight is 376 g/mol. The zero-order valence-electron chi connectivity index (χ0n) is 14.5. The predicted octanol–water partition coefficient (Wildman–Crippen LogP) is 3.27. The first-order chi connectivity index (χ1) is 12.9. The van der Waals surface area contributed by atoms with Crippen LogP contribution in [0.1, 0.15) is 22.8 Å². The maximum atomic E-state index is 12.4. The van der Waals surface area contributed by atoms with Gasteiger partial charge in [0, 0.05) is 12.1 Å². The van der Waals surface area contributed by atoms with E-state index in [2.05, 4.69) is 0 Å². The van der Waals surface area contributed by atoms with E-state index < -0.39 is 28.1 Å². The number of carbonyl (C=O) groups excluding carboxylic acids is 1. The van der Waals surface area contributed by atoms with Crippen LogP contribution in [0.25, 0.3) is 0 Å². The van der Waals surface area contributed by atoms with Crippen molar-refractivity contribution < 1.29 is 28.9 Å². The SMILES string of the molecule is CCOc1cc(C(=O)OCc2ccccc2[N+](=O)[O-])c([N+](=O)[O-])cc1OC. The molecule has 0 amide bonds. The van der Waals surface area contributed by atoms with Crippen LogP contribution in [-0.2, 0) is 11.3 Å². The summed E-state index contributed by atoms with van der Waals surface area (Å²) < 4.78 is 15.4. The monoisotopic (exact) mass is 376 g/mol. The zero-order chi connectivity index (χ0) is 20.0. The minimum Gasteiger partial charge on any atom is -0.493 e. The van der Waals surface area contributed by atoms with Gasteiger partial charge in [-0.25, -0.2) is 4.79 Å². The first-order valence-corrected chi connectivity index (χ1v) is 7.77. The number of hydrogen-bond donors (Lipinski definition) is 0. The van der Waals surface area contributed by atoms with Crippen molar-refractivity contribution in [2.75, 3.05) is 13.7 Å². The minimum atomic E-state index is -1.01. The Morgan fingerprint density at radius 2 is 1.70 bits per heavy atom. The van der Waals surface area contributed by atoms with Gasteiger partial charge >= 0.3 is 5.97 Å². The average Bonchev–Trinajstić information content (AvgIpc) is 2.65. The lowest BCUT2D eigenvalue weighted by atomic mass is 10.1. The van der Waals surface area contributed by atoms with Gasteiger partial charge in [-0.05, 0) is 13.0 Å². The first kappa shape index (κ1) is 19.6. The van der Waals surface area contributed by atoms with Gasteiger partial charge in [-0.15, -0.1) is 0 Å². The molecular weight excluding hydrogens is 360 g/mol. The van der Waals surface area contributed by atoms with Crippen molar-refractivity contribution in [1.29, 1.82) is 0 Å². The van der Waals surface area contributed by atoms with Crippen LogP contribution in [0.4, 0.5) is 11.4 Å². The number of benzene rings is 2. The number of nitro groups is 2. The number of esters is 1. The highest BCUT2D eigenvalue weighted by Crippen LogP contribution is 2.35. The van der Waals surface area contributed by atoms with Gasteiger partial charge in [-0.1, -0.05) is 12.1 Å². The number of hydrogen-bond acceptors (Lipinski definition) is 8. The van der Waals surface area contributed by atoms with E-state index in [4.69, 9.17) is 14.2 Å². The summed E-state index contributed by atoms with van der Waals surface area (Å²) in [5.41, 5.74) is -0.924. The molecule has 2 aromatic rings. The second-order valence-electron chi connectivity index (χ2n) is 5.17. The summed E-state index contributed by atoms with van der Waals surface area (Å²) in [6.07, 6.45) is 0. The molecule has 0 heterocycles. The third-order valence-electron chi connectivity index (χ3n) is 3.55. The van der Waals surface area contributed by atoms with Gasteiger partial charge in [0.25, 0.3) is 11.4 Å². The highest BCUT2D eigenvalue weighted by atomic mass is 16.6. The molecule has 0 aliphatic carbocycles. The number of nitrogens with zero attached hydrogens (tertiary/aromatic N) is 2. The molecule has 27 heavy (non-hydrogen) atoms. The van der Waals surface area contributed by atoms with Crippen LogP contribution >= 0.6 is 0 Å². The van der Waals surface area contributed by atoms with Crippen LogP contribution in [-0.4, -0.2) is 29.5 Å². The van der Waals surface area contributed by atoms with Gasteiger partial charge in [-0.2, -0.15) is 0 Å². The lowest BCUT2D eigenvalue weighted by Crippen LogP contribution is -2.10. The third-order valence-corrected chi connectivity index (χ3v) is 3.55. The Kier molecular flexibility index (Phi) is 6.26. The van der Waals surface area contributed by atoms with E-state index in [1.54, 1.807) is 13.0 Å². The van der Waals surface area contributed by atoms with Gasteiger partial charge in [0.05, 0.1) is 35.2 Å². The zero-order valence-corrected chi connectivity index (χ0v) is 14.5. The van der Waals surface area contributed by atoms with Crippen LogP contribution in [0, 0.1) is 20.2 Å². The smallest absolute Gasteiger partial charge is 0.345 e. The Morgan fingerprint density at radius 3 is 2.30 bits per heavy atom. The van der Waals surface area contributed by atoms with E-state index in [1.807, 2.05) is 0 Å². The molecule has 0 fully saturated rings. The molecule has 0 radical (unpaired) electrons. The number of nitro benzene ring substituents is 2. The van der Waals surface area contributed by atoms with Gasteiger partial charge in [-0.3, -0.25) is 20.2 Å². The summed E-state index contributed by atoms with van der Waals surface area (Å²) in [6, 6.07) is 7.95. The fourth-order valence-electron chi connectivity index (χ4n) is 2.32. The van der Waals surface area contributed by atoms with E-state index in [0.29, 0.717) is 0 Å².